The minimum atomic E-state index is 0.928. The molecule has 0 aromatic heterocycles. The molecular weight excluding hydrogens is 122 g/mol. The molecule has 0 heterocycles. The Balaban J connectivity index is 4.20. The number of allylic oxidation sites excluding steroid dienone is 2. The molecule has 0 aliphatic heterocycles. The van der Waals surface area contributed by atoms with Gasteiger partial charge in [-0.25, -0.2) is 0 Å². The zero-order valence-corrected chi connectivity index (χ0v) is 6.78. The van der Waals surface area contributed by atoms with Crippen LogP contribution in [0.2, 0.25) is 0 Å². The predicted octanol–water partition coefficient (Wildman–Crippen LogP) is 2.24. The van der Waals surface area contributed by atoms with Crippen LogP contribution in [0.15, 0.2) is 36.6 Å². The van der Waals surface area contributed by atoms with Crippen LogP contribution >= 0.6 is 0 Å². The fourth-order valence-corrected chi connectivity index (χ4v) is 0.694. The van der Waals surface area contributed by atoms with Gasteiger partial charge in [0.05, 0.1) is 0 Å². The highest BCUT2D eigenvalue weighted by Crippen LogP contribution is 2.05. The summed E-state index contributed by atoms with van der Waals surface area (Å²) in [6.07, 6.45) is 4.91. The van der Waals surface area contributed by atoms with Crippen LogP contribution in [-0.2, 0) is 0 Å². The maximum atomic E-state index is 3.81. The summed E-state index contributed by atoms with van der Waals surface area (Å²) in [6.45, 7) is 9.58. The zero-order valence-electron chi connectivity index (χ0n) is 6.78. The third kappa shape index (κ3) is 2.53. The normalized spacial score (nSPS) is 10.8. The molecule has 0 amide bonds. The molecule has 0 radical (unpaired) electrons. The maximum Gasteiger partial charge on any atom is 0.0334 e. The molecule has 0 aromatic rings. The van der Waals surface area contributed by atoms with E-state index in [9.17, 15) is 0 Å². The quantitative estimate of drug-likeness (QED) is 0.586. The van der Waals surface area contributed by atoms with Gasteiger partial charge >= 0.3 is 0 Å². The first kappa shape index (κ1) is 9.02. The van der Waals surface area contributed by atoms with E-state index < -0.39 is 0 Å². The van der Waals surface area contributed by atoms with Crippen LogP contribution < -0.4 is 5.32 Å². The van der Waals surface area contributed by atoms with Gasteiger partial charge in [0, 0.05) is 12.7 Å². The first-order valence-electron chi connectivity index (χ1n) is 3.45. The Bertz CT molecular complexity index is 154. The highest BCUT2D eigenvalue weighted by molar-refractivity contribution is 5.35. The van der Waals surface area contributed by atoms with Crippen LogP contribution in [0, 0.1) is 0 Å². The summed E-state index contributed by atoms with van der Waals surface area (Å²) in [5.41, 5.74) is 2.02. The Morgan fingerprint density at radius 3 is 2.50 bits per heavy atom. The maximum absolute atomic E-state index is 3.81. The van der Waals surface area contributed by atoms with Crippen LogP contribution in [0.4, 0.5) is 0 Å². The first-order chi connectivity index (χ1) is 4.76. The van der Waals surface area contributed by atoms with Gasteiger partial charge in [0.2, 0.25) is 0 Å². The smallest absolute Gasteiger partial charge is 0.0334 e. The Morgan fingerprint density at radius 2 is 2.20 bits per heavy atom. The standard InChI is InChI=1S/C9H15N/c1-5-7-9(6-2)8(3)10-4/h6-7,10H,2-3,5H2,1,4H3/b9-7+. The van der Waals surface area contributed by atoms with E-state index >= 15 is 0 Å². The highest BCUT2D eigenvalue weighted by atomic mass is 14.8. The minimum absolute atomic E-state index is 0.928. The molecule has 56 valence electrons. The number of hydrogen-bond donors (Lipinski definition) is 1. The molecule has 0 unspecified atom stereocenters. The summed E-state index contributed by atoms with van der Waals surface area (Å²) >= 11 is 0. The summed E-state index contributed by atoms with van der Waals surface area (Å²) in [5, 5.41) is 2.97. The van der Waals surface area contributed by atoms with Crippen molar-refractivity contribution in [2.24, 2.45) is 0 Å². The van der Waals surface area contributed by atoms with Gasteiger partial charge in [0.25, 0.3) is 0 Å². The van der Waals surface area contributed by atoms with Crippen molar-refractivity contribution in [3.63, 3.8) is 0 Å². The van der Waals surface area contributed by atoms with Crippen molar-refractivity contribution in [1.29, 1.82) is 0 Å². The lowest BCUT2D eigenvalue weighted by Gasteiger charge is -2.03. The second kappa shape index (κ2) is 4.86. The molecule has 0 saturated carbocycles. The van der Waals surface area contributed by atoms with E-state index in [2.05, 4.69) is 31.5 Å². The second-order valence-electron chi connectivity index (χ2n) is 2.00. The molecule has 0 spiro atoms. The fraction of sp³-hybridized carbons (Fsp3) is 0.333. The third-order valence-corrected chi connectivity index (χ3v) is 1.29. The first-order valence-corrected chi connectivity index (χ1v) is 3.45. The highest BCUT2D eigenvalue weighted by Gasteiger charge is 1.91. The molecule has 0 aliphatic rings. The van der Waals surface area contributed by atoms with Crippen molar-refractivity contribution < 1.29 is 0 Å². The van der Waals surface area contributed by atoms with Gasteiger partial charge < -0.3 is 5.32 Å². The SMILES string of the molecule is C=C/C(=C\CC)C(=C)NC. The van der Waals surface area contributed by atoms with E-state index in [0.29, 0.717) is 0 Å². The van der Waals surface area contributed by atoms with E-state index in [1.54, 1.807) is 0 Å². The van der Waals surface area contributed by atoms with Crippen LogP contribution in [0.25, 0.3) is 0 Å². The zero-order chi connectivity index (χ0) is 7.98. The molecule has 1 heteroatoms. The summed E-state index contributed by atoms with van der Waals surface area (Å²) in [7, 11) is 1.86. The van der Waals surface area contributed by atoms with E-state index in [-0.39, 0.29) is 0 Å². The Kier molecular flexibility index (Phi) is 4.38. The van der Waals surface area contributed by atoms with Gasteiger partial charge in [-0.2, -0.15) is 0 Å². The van der Waals surface area contributed by atoms with Gasteiger partial charge in [-0.15, -0.1) is 0 Å². The molecule has 0 aliphatic carbocycles. The van der Waals surface area contributed by atoms with Crippen LogP contribution in [0.3, 0.4) is 0 Å². The van der Waals surface area contributed by atoms with Gasteiger partial charge in [-0.05, 0) is 12.0 Å². The van der Waals surface area contributed by atoms with Crippen LogP contribution in [0.1, 0.15) is 13.3 Å². The molecule has 10 heavy (non-hydrogen) atoms. The molecule has 0 atom stereocenters. The summed E-state index contributed by atoms with van der Waals surface area (Å²) in [6, 6.07) is 0. The van der Waals surface area contributed by atoms with Crippen molar-refractivity contribution in [2.75, 3.05) is 7.05 Å². The second-order valence-corrected chi connectivity index (χ2v) is 2.00. The Hall–Kier alpha value is -0.980. The van der Waals surface area contributed by atoms with Crippen molar-refractivity contribution in [1.82, 2.24) is 5.32 Å². The van der Waals surface area contributed by atoms with Gasteiger partial charge in [0.1, 0.15) is 0 Å². The minimum Gasteiger partial charge on any atom is -0.388 e. The van der Waals surface area contributed by atoms with Gasteiger partial charge in [-0.1, -0.05) is 32.2 Å². The molecule has 0 rings (SSSR count). The van der Waals surface area contributed by atoms with Crippen molar-refractivity contribution in [3.05, 3.63) is 36.6 Å². The number of rotatable bonds is 4. The number of hydrogen-bond acceptors (Lipinski definition) is 1. The largest absolute Gasteiger partial charge is 0.388 e. The predicted molar refractivity (Wildman–Crippen MR) is 46.8 cm³/mol. The van der Waals surface area contributed by atoms with Gasteiger partial charge in [-0.3, -0.25) is 0 Å². The van der Waals surface area contributed by atoms with Crippen LogP contribution in [-0.4, -0.2) is 7.05 Å². The average molecular weight is 137 g/mol. The fourth-order valence-electron chi connectivity index (χ4n) is 0.694. The molecule has 0 aromatic carbocycles. The lowest BCUT2D eigenvalue weighted by Crippen LogP contribution is -2.05. The summed E-state index contributed by atoms with van der Waals surface area (Å²) < 4.78 is 0. The van der Waals surface area contributed by atoms with E-state index in [4.69, 9.17) is 0 Å². The van der Waals surface area contributed by atoms with Crippen molar-refractivity contribution in [3.8, 4) is 0 Å². The van der Waals surface area contributed by atoms with Gasteiger partial charge in [0.15, 0.2) is 0 Å². The van der Waals surface area contributed by atoms with Crippen LogP contribution in [0.5, 0.6) is 0 Å². The molecule has 0 bridgehead atoms. The number of nitrogens with one attached hydrogen (secondary N) is 1. The molecule has 1 nitrogen and oxygen atoms in total. The molecular formula is C9H15N. The summed E-state index contributed by atoms with van der Waals surface area (Å²) in [4.78, 5) is 0. The Morgan fingerprint density at radius 1 is 1.60 bits per heavy atom. The summed E-state index contributed by atoms with van der Waals surface area (Å²) in [5.74, 6) is 0. The Labute approximate surface area is 63.1 Å². The number of likely N-dealkylation sites (N-methyl/N-ethyl adjacent to an activating group) is 1. The monoisotopic (exact) mass is 137 g/mol. The van der Waals surface area contributed by atoms with Crippen molar-refractivity contribution >= 4 is 0 Å². The van der Waals surface area contributed by atoms with E-state index in [1.165, 1.54) is 0 Å². The lowest BCUT2D eigenvalue weighted by molar-refractivity contribution is 1.01. The molecule has 0 saturated heterocycles. The third-order valence-electron chi connectivity index (χ3n) is 1.29. The molecule has 1 N–H and O–H groups in total. The van der Waals surface area contributed by atoms with E-state index in [1.807, 2.05) is 13.1 Å². The average Bonchev–Trinajstić information content (AvgIpc) is 1.99. The molecule has 0 fully saturated rings. The topological polar surface area (TPSA) is 12.0 Å². The van der Waals surface area contributed by atoms with Crippen molar-refractivity contribution in [2.45, 2.75) is 13.3 Å². The van der Waals surface area contributed by atoms with E-state index in [0.717, 1.165) is 17.7 Å². The lowest BCUT2D eigenvalue weighted by atomic mass is 10.2.